The molecule has 0 bridgehead atoms. The van der Waals surface area contributed by atoms with Crippen LogP contribution in [0.25, 0.3) is 22.3 Å². The fourth-order valence-corrected chi connectivity index (χ4v) is 8.93. The molecular formula is C62H56ClN3. The van der Waals surface area contributed by atoms with E-state index in [0.29, 0.717) is 5.02 Å². The van der Waals surface area contributed by atoms with Crippen LogP contribution >= 0.6 is 11.6 Å². The van der Waals surface area contributed by atoms with E-state index in [1.54, 1.807) is 0 Å². The second-order valence-corrected chi connectivity index (χ2v) is 19.3. The number of halogens is 1. The van der Waals surface area contributed by atoms with Gasteiger partial charge in [0.25, 0.3) is 0 Å². The molecule has 3 nitrogen and oxygen atoms in total. The summed E-state index contributed by atoms with van der Waals surface area (Å²) in [7, 11) is 0. The zero-order valence-electron chi connectivity index (χ0n) is 38.7. The Hall–Kier alpha value is -7.33. The number of benzene rings is 9. The summed E-state index contributed by atoms with van der Waals surface area (Å²) in [5, 5.41) is 0.620. The summed E-state index contributed by atoms with van der Waals surface area (Å²) in [6, 6.07) is 82.2. The lowest BCUT2D eigenvalue weighted by Gasteiger charge is -2.32. The van der Waals surface area contributed by atoms with Gasteiger partial charge in [-0.2, -0.15) is 0 Å². The summed E-state index contributed by atoms with van der Waals surface area (Å²) in [5.74, 6) is 0. The third kappa shape index (κ3) is 9.40. The van der Waals surface area contributed by atoms with Crippen LogP contribution in [0.1, 0.15) is 52.7 Å². The van der Waals surface area contributed by atoms with Gasteiger partial charge < -0.3 is 14.7 Å². The monoisotopic (exact) mass is 877 g/mol. The zero-order chi connectivity index (χ0) is 45.8. The SMILES string of the molecule is CC(C)(C)c1ccc(-c2cccc(N(c3cccc(-c4ccc(C(C)(C)C)cc4)c3)c3cccc(N(c4ccccc4)c4cccc(N(c5ccccc5)c5ccccc5)c4)c3Cl)c2)cc1. The summed E-state index contributed by atoms with van der Waals surface area (Å²) >= 11 is 7.93. The molecule has 66 heavy (non-hydrogen) atoms. The molecule has 0 N–H and O–H groups in total. The maximum Gasteiger partial charge on any atom is 0.0887 e. The van der Waals surface area contributed by atoms with E-state index >= 15 is 0 Å². The minimum Gasteiger partial charge on any atom is -0.310 e. The third-order valence-corrected chi connectivity index (χ3v) is 12.6. The Labute approximate surface area is 396 Å². The van der Waals surface area contributed by atoms with Crippen molar-refractivity contribution >= 4 is 62.8 Å². The van der Waals surface area contributed by atoms with Crippen molar-refractivity contribution in [1.29, 1.82) is 0 Å². The van der Waals surface area contributed by atoms with Crippen LogP contribution in [0.5, 0.6) is 0 Å². The second kappa shape index (κ2) is 18.6. The molecule has 0 heterocycles. The normalized spacial score (nSPS) is 11.6. The van der Waals surface area contributed by atoms with Gasteiger partial charge in [0.2, 0.25) is 0 Å². The second-order valence-electron chi connectivity index (χ2n) is 18.9. The number of hydrogen-bond acceptors (Lipinski definition) is 3. The maximum atomic E-state index is 7.93. The van der Waals surface area contributed by atoms with Crippen molar-refractivity contribution in [3.05, 3.63) is 247 Å². The van der Waals surface area contributed by atoms with E-state index in [2.05, 4.69) is 287 Å². The molecule has 326 valence electrons. The van der Waals surface area contributed by atoms with E-state index in [1.165, 1.54) is 11.1 Å². The molecule has 0 atom stereocenters. The van der Waals surface area contributed by atoms with Gasteiger partial charge in [0.15, 0.2) is 0 Å². The van der Waals surface area contributed by atoms with Crippen LogP contribution in [0.3, 0.4) is 0 Å². The van der Waals surface area contributed by atoms with Gasteiger partial charge in [-0.3, -0.25) is 0 Å². The largest absolute Gasteiger partial charge is 0.310 e. The molecule has 0 aliphatic heterocycles. The Morgan fingerprint density at radius 2 is 0.576 bits per heavy atom. The highest BCUT2D eigenvalue weighted by Gasteiger charge is 2.24. The molecule has 0 unspecified atom stereocenters. The molecule has 9 rings (SSSR count). The summed E-state index contributed by atoms with van der Waals surface area (Å²) < 4.78 is 0. The molecule has 4 heteroatoms. The van der Waals surface area contributed by atoms with E-state index < -0.39 is 0 Å². The van der Waals surface area contributed by atoms with Crippen molar-refractivity contribution in [1.82, 2.24) is 0 Å². The molecule has 0 aromatic heterocycles. The molecule has 9 aromatic carbocycles. The summed E-state index contributed by atoms with van der Waals surface area (Å²) in [6.45, 7) is 13.5. The van der Waals surface area contributed by atoms with E-state index in [0.717, 1.165) is 73.4 Å². The minimum absolute atomic E-state index is 0.0646. The third-order valence-electron chi connectivity index (χ3n) is 12.2. The highest BCUT2D eigenvalue weighted by Crippen LogP contribution is 2.48. The fourth-order valence-electron chi connectivity index (χ4n) is 8.63. The summed E-state index contributed by atoms with van der Waals surface area (Å²) in [6.07, 6.45) is 0. The Morgan fingerprint density at radius 3 is 0.970 bits per heavy atom. The first-order valence-corrected chi connectivity index (χ1v) is 23.2. The molecule has 0 radical (unpaired) electrons. The van der Waals surface area contributed by atoms with Crippen molar-refractivity contribution in [2.45, 2.75) is 52.4 Å². The van der Waals surface area contributed by atoms with Crippen molar-refractivity contribution in [3.63, 3.8) is 0 Å². The van der Waals surface area contributed by atoms with Gasteiger partial charge in [0, 0.05) is 39.8 Å². The smallest absolute Gasteiger partial charge is 0.0887 e. The number of nitrogens with zero attached hydrogens (tertiary/aromatic N) is 3. The average Bonchev–Trinajstić information content (AvgIpc) is 3.34. The first-order valence-electron chi connectivity index (χ1n) is 22.8. The Kier molecular flexibility index (Phi) is 12.4. The first kappa shape index (κ1) is 43.9. The van der Waals surface area contributed by atoms with E-state index in [-0.39, 0.29) is 10.8 Å². The van der Waals surface area contributed by atoms with Crippen LogP contribution < -0.4 is 14.7 Å². The van der Waals surface area contributed by atoms with E-state index in [1.807, 2.05) is 0 Å². The Morgan fingerprint density at radius 1 is 0.273 bits per heavy atom. The fraction of sp³-hybridized carbons (Fsp3) is 0.129. The van der Waals surface area contributed by atoms with Gasteiger partial charge in [-0.25, -0.2) is 0 Å². The summed E-state index contributed by atoms with van der Waals surface area (Å²) in [5.41, 5.74) is 16.2. The lowest BCUT2D eigenvalue weighted by molar-refractivity contribution is 0.590. The highest BCUT2D eigenvalue weighted by atomic mass is 35.5. The van der Waals surface area contributed by atoms with Gasteiger partial charge in [0.05, 0.1) is 16.4 Å². The number of para-hydroxylation sites is 3. The number of anilines is 9. The molecule has 0 amide bonds. The van der Waals surface area contributed by atoms with Gasteiger partial charge in [0.1, 0.15) is 0 Å². The first-order chi connectivity index (χ1) is 31.9. The van der Waals surface area contributed by atoms with E-state index in [4.69, 9.17) is 11.6 Å². The average molecular weight is 879 g/mol. The van der Waals surface area contributed by atoms with Gasteiger partial charge in [-0.1, -0.05) is 193 Å². The van der Waals surface area contributed by atoms with Crippen molar-refractivity contribution in [3.8, 4) is 22.3 Å². The lowest BCUT2D eigenvalue weighted by atomic mass is 9.86. The Bertz CT molecular complexity index is 2900. The number of hydrogen-bond donors (Lipinski definition) is 0. The molecule has 0 fully saturated rings. The van der Waals surface area contributed by atoms with Crippen LogP contribution in [0.2, 0.25) is 5.02 Å². The van der Waals surface area contributed by atoms with Gasteiger partial charge in [-0.05, 0) is 135 Å². The topological polar surface area (TPSA) is 9.72 Å². The van der Waals surface area contributed by atoms with Crippen LogP contribution in [0.4, 0.5) is 51.2 Å². The van der Waals surface area contributed by atoms with Crippen molar-refractivity contribution in [2.75, 3.05) is 14.7 Å². The maximum absolute atomic E-state index is 7.93. The highest BCUT2D eigenvalue weighted by molar-refractivity contribution is 6.36. The zero-order valence-corrected chi connectivity index (χ0v) is 39.4. The number of rotatable bonds is 11. The Balaban J connectivity index is 1.20. The predicted molar refractivity (Wildman–Crippen MR) is 284 cm³/mol. The quantitative estimate of drug-likeness (QED) is 0.128. The molecular weight excluding hydrogens is 822 g/mol. The van der Waals surface area contributed by atoms with Crippen LogP contribution in [0, 0.1) is 0 Å². The van der Waals surface area contributed by atoms with Crippen LogP contribution in [-0.4, -0.2) is 0 Å². The molecule has 0 aliphatic carbocycles. The minimum atomic E-state index is 0.0646. The molecule has 0 saturated heterocycles. The van der Waals surface area contributed by atoms with E-state index in [9.17, 15) is 0 Å². The molecule has 0 spiro atoms. The molecule has 0 saturated carbocycles. The van der Waals surface area contributed by atoms with Gasteiger partial charge in [-0.15, -0.1) is 0 Å². The molecule has 0 aliphatic rings. The molecule has 9 aromatic rings. The van der Waals surface area contributed by atoms with Gasteiger partial charge >= 0.3 is 0 Å². The van der Waals surface area contributed by atoms with Crippen molar-refractivity contribution < 1.29 is 0 Å². The van der Waals surface area contributed by atoms with Crippen molar-refractivity contribution in [2.24, 2.45) is 0 Å². The van der Waals surface area contributed by atoms with Crippen LogP contribution in [-0.2, 0) is 10.8 Å². The lowest BCUT2D eigenvalue weighted by Crippen LogP contribution is -2.15. The predicted octanol–water partition coefficient (Wildman–Crippen LogP) is 18.7. The standard InChI is InChI=1S/C62H56ClN3/c1-61(2,3)49-38-34-45(35-39-49)47-20-16-28-54(42-47)66(55-29-17-21-48(43-55)46-36-40-50(41-37-46)62(4,5)6)59-33-19-32-58(60(59)63)65(53-26-14-9-15-27-53)57-31-18-30-56(44-57)64(51-22-10-7-11-23-51)52-24-12-8-13-25-52/h7-44H,1-6H3. The summed E-state index contributed by atoms with van der Waals surface area (Å²) in [4.78, 5) is 6.86. The van der Waals surface area contributed by atoms with Crippen LogP contribution in [0.15, 0.2) is 231 Å².